The van der Waals surface area contributed by atoms with E-state index in [4.69, 9.17) is 0 Å². The van der Waals surface area contributed by atoms with Gasteiger partial charge < -0.3 is 10.2 Å². The number of nitrogens with one attached hydrogen (secondary N) is 1. The minimum atomic E-state index is 0.642. The fraction of sp³-hybridized carbons (Fsp3) is 1.00. The van der Waals surface area contributed by atoms with Crippen LogP contribution in [0.25, 0.3) is 0 Å². The Bertz CT molecular complexity index is 146. The van der Waals surface area contributed by atoms with Crippen molar-refractivity contribution in [3.63, 3.8) is 0 Å². The molecule has 3 atom stereocenters. The number of rotatable bonds is 3. The maximum absolute atomic E-state index is 3.70. The molecular formula is C11H24N2. The number of likely N-dealkylation sites (N-methyl/N-ethyl adjacent to an activating group) is 1. The van der Waals surface area contributed by atoms with E-state index in [1.165, 1.54) is 13.0 Å². The fourth-order valence-electron chi connectivity index (χ4n) is 1.88. The smallest absolute Gasteiger partial charge is 0.0212 e. The van der Waals surface area contributed by atoms with Gasteiger partial charge in [0.1, 0.15) is 0 Å². The maximum Gasteiger partial charge on any atom is 0.0212 e. The van der Waals surface area contributed by atoms with Gasteiger partial charge in [-0.2, -0.15) is 0 Å². The van der Waals surface area contributed by atoms with Gasteiger partial charge in [-0.3, -0.25) is 0 Å². The SMILES string of the molecule is CC(C)C(C)NC1CC(C)N(C)C1. The molecule has 1 saturated heterocycles. The average molecular weight is 184 g/mol. The molecule has 1 N–H and O–H groups in total. The van der Waals surface area contributed by atoms with Gasteiger partial charge in [0.05, 0.1) is 0 Å². The summed E-state index contributed by atoms with van der Waals surface area (Å²) in [6.45, 7) is 10.4. The van der Waals surface area contributed by atoms with E-state index in [9.17, 15) is 0 Å². The third-order valence-corrected chi connectivity index (χ3v) is 3.39. The van der Waals surface area contributed by atoms with Crippen molar-refractivity contribution >= 4 is 0 Å². The zero-order valence-electron chi connectivity index (χ0n) is 9.67. The van der Waals surface area contributed by atoms with Crippen molar-refractivity contribution in [2.45, 2.75) is 52.2 Å². The molecule has 13 heavy (non-hydrogen) atoms. The Morgan fingerprint density at radius 1 is 1.31 bits per heavy atom. The molecule has 0 radical (unpaired) electrons. The second-order valence-electron chi connectivity index (χ2n) is 4.92. The van der Waals surface area contributed by atoms with Gasteiger partial charge in [0.25, 0.3) is 0 Å². The maximum atomic E-state index is 3.70. The van der Waals surface area contributed by atoms with E-state index in [2.05, 4.69) is 45.0 Å². The Kier molecular flexibility index (Phi) is 3.74. The van der Waals surface area contributed by atoms with Crippen LogP contribution in [0.4, 0.5) is 0 Å². The first kappa shape index (κ1) is 11.0. The molecule has 78 valence electrons. The molecule has 0 bridgehead atoms. The third kappa shape index (κ3) is 2.96. The molecule has 0 aromatic rings. The van der Waals surface area contributed by atoms with Crippen LogP contribution in [-0.4, -0.2) is 36.6 Å². The van der Waals surface area contributed by atoms with Crippen molar-refractivity contribution in [3.8, 4) is 0 Å². The van der Waals surface area contributed by atoms with Crippen LogP contribution in [0.2, 0.25) is 0 Å². The molecule has 0 aromatic carbocycles. The van der Waals surface area contributed by atoms with Crippen molar-refractivity contribution in [2.24, 2.45) is 5.92 Å². The van der Waals surface area contributed by atoms with Crippen molar-refractivity contribution < 1.29 is 0 Å². The summed E-state index contributed by atoms with van der Waals surface area (Å²) >= 11 is 0. The van der Waals surface area contributed by atoms with E-state index >= 15 is 0 Å². The van der Waals surface area contributed by atoms with E-state index in [1.807, 2.05) is 0 Å². The molecule has 1 heterocycles. The van der Waals surface area contributed by atoms with Crippen LogP contribution in [0.5, 0.6) is 0 Å². The summed E-state index contributed by atoms with van der Waals surface area (Å²) in [5.41, 5.74) is 0. The molecule has 0 aromatic heterocycles. The highest BCUT2D eigenvalue weighted by Crippen LogP contribution is 2.16. The molecule has 1 fully saturated rings. The number of likely N-dealkylation sites (tertiary alicyclic amines) is 1. The molecule has 0 saturated carbocycles. The summed E-state index contributed by atoms with van der Waals surface area (Å²) in [4.78, 5) is 2.44. The predicted molar refractivity (Wildman–Crippen MR) is 57.9 cm³/mol. The molecule has 3 unspecified atom stereocenters. The lowest BCUT2D eigenvalue weighted by Gasteiger charge is -2.22. The monoisotopic (exact) mass is 184 g/mol. The van der Waals surface area contributed by atoms with Gasteiger partial charge in [0.2, 0.25) is 0 Å². The van der Waals surface area contributed by atoms with Crippen LogP contribution in [0, 0.1) is 5.92 Å². The van der Waals surface area contributed by atoms with E-state index in [-0.39, 0.29) is 0 Å². The van der Waals surface area contributed by atoms with Crippen LogP contribution in [-0.2, 0) is 0 Å². The van der Waals surface area contributed by atoms with Crippen LogP contribution < -0.4 is 5.32 Å². The van der Waals surface area contributed by atoms with Gasteiger partial charge in [-0.15, -0.1) is 0 Å². The standard InChI is InChI=1S/C11H24N2/c1-8(2)10(4)12-11-6-9(3)13(5)7-11/h8-12H,6-7H2,1-5H3. The number of hydrogen-bond acceptors (Lipinski definition) is 2. The van der Waals surface area contributed by atoms with Crippen LogP contribution >= 0.6 is 0 Å². The molecular weight excluding hydrogens is 160 g/mol. The van der Waals surface area contributed by atoms with E-state index in [1.54, 1.807) is 0 Å². The van der Waals surface area contributed by atoms with Crippen molar-refractivity contribution in [1.29, 1.82) is 0 Å². The van der Waals surface area contributed by atoms with Gasteiger partial charge in [0.15, 0.2) is 0 Å². The summed E-state index contributed by atoms with van der Waals surface area (Å²) in [5.74, 6) is 0.737. The topological polar surface area (TPSA) is 15.3 Å². The Hall–Kier alpha value is -0.0800. The predicted octanol–water partition coefficient (Wildman–Crippen LogP) is 1.71. The van der Waals surface area contributed by atoms with Gasteiger partial charge >= 0.3 is 0 Å². The minimum Gasteiger partial charge on any atom is -0.310 e. The lowest BCUT2D eigenvalue weighted by molar-refractivity contribution is 0.320. The summed E-state index contributed by atoms with van der Waals surface area (Å²) in [7, 11) is 2.21. The lowest BCUT2D eigenvalue weighted by atomic mass is 10.0. The van der Waals surface area contributed by atoms with E-state index in [0.29, 0.717) is 12.1 Å². The molecule has 1 aliphatic rings. The quantitative estimate of drug-likeness (QED) is 0.718. The minimum absolute atomic E-state index is 0.642. The highest BCUT2D eigenvalue weighted by atomic mass is 15.2. The summed E-state index contributed by atoms with van der Waals surface area (Å²) in [5, 5.41) is 3.70. The molecule has 0 amide bonds. The van der Waals surface area contributed by atoms with Gasteiger partial charge in [0, 0.05) is 24.7 Å². The second kappa shape index (κ2) is 4.43. The van der Waals surface area contributed by atoms with Gasteiger partial charge in [-0.1, -0.05) is 13.8 Å². The van der Waals surface area contributed by atoms with Crippen LogP contribution in [0.15, 0.2) is 0 Å². The fourth-order valence-corrected chi connectivity index (χ4v) is 1.88. The van der Waals surface area contributed by atoms with Crippen molar-refractivity contribution in [2.75, 3.05) is 13.6 Å². The largest absolute Gasteiger partial charge is 0.310 e. The highest BCUT2D eigenvalue weighted by Gasteiger charge is 2.27. The van der Waals surface area contributed by atoms with E-state index < -0.39 is 0 Å². The summed E-state index contributed by atoms with van der Waals surface area (Å²) in [6, 6.07) is 2.10. The zero-order chi connectivity index (χ0) is 10.0. The normalized spacial score (nSPS) is 32.8. The molecule has 0 spiro atoms. The first-order valence-electron chi connectivity index (χ1n) is 5.47. The summed E-state index contributed by atoms with van der Waals surface area (Å²) in [6.07, 6.45) is 1.30. The van der Waals surface area contributed by atoms with Crippen LogP contribution in [0.1, 0.15) is 34.1 Å². The first-order valence-corrected chi connectivity index (χ1v) is 5.47. The average Bonchev–Trinajstić information content (AvgIpc) is 2.31. The number of hydrogen-bond donors (Lipinski definition) is 1. The Balaban J connectivity index is 2.31. The van der Waals surface area contributed by atoms with Crippen molar-refractivity contribution in [1.82, 2.24) is 10.2 Å². The van der Waals surface area contributed by atoms with Crippen LogP contribution in [0.3, 0.4) is 0 Å². The molecule has 1 aliphatic heterocycles. The Labute approximate surface area is 82.7 Å². The Morgan fingerprint density at radius 3 is 2.31 bits per heavy atom. The van der Waals surface area contributed by atoms with Gasteiger partial charge in [-0.05, 0) is 33.2 Å². The molecule has 2 nitrogen and oxygen atoms in total. The van der Waals surface area contributed by atoms with Gasteiger partial charge in [-0.25, -0.2) is 0 Å². The molecule has 1 rings (SSSR count). The zero-order valence-corrected chi connectivity index (χ0v) is 9.67. The van der Waals surface area contributed by atoms with Crippen molar-refractivity contribution in [3.05, 3.63) is 0 Å². The number of nitrogens with zero attached hydrogens (tertiary/aromatic N) is 1. The molecule has 2 heteroatoms. The first-order chi connectivity index (χ1) is 6.00. The second-order valence-corrected chi connectivity index (χ2v) is 4.92. The highest BCUT2D eigenvalue weighted by molar-refractivity contribution is 4.86. The third-order valence-electron chi connectivity index (χ3n) is 3.39. The summed E-state index contributed by atoms with van der Waals surface area (Å²) < 4.78 is 0. The molecule has 0 aliphatic carbocycles. The Morgan fingerprint density at radius 2 is 1.92 bits per heavy atom. The lowest BCUT2D eigenvalue weighted by Crippen LogP contribution is -2.40. The van der Waals surface area contributed by atoms with E-state index in [0.717, 1.165) is 12.0 Å².